The normalized spacial score (nSPS) is 15.8. The van der Waals surface area contributed by atoms with Crippen LogP contribution in [-0.2, 0) is 0 Å². The monoisotopic (exact) mass is 279 g/mol. The summed E-state index contributed by atoms with van der Waals surface area (Å²) in [7, 11) is 1.87. The summed E-state index contributed by atoms with van der Waals surface area (Å²) in [6, 6.07) is 0. The lowest BCUT2D eigenvalue weighted by molar-refractivity contribution is 0.426. The van der Waals surface area contributed by atoms with Crippen molar-refractivity contribution in [2.45, 2.75) is 26.2 Å². The number of aromatic nitrogens is 3. The molecular formula is C12H17N5OS. The van der Waals surface area contributed by atoms with Crippen LogP contribution in [0, 0.1) is 6.92 Å². The number of nitrogens with zero attached hydrogens (tertiary/aromatic N) is 4. The number of piperidine rings is 1. The van der Waals surface area contributed by atoms with Gasteiger partial charge in [0.25, 0.3) is 11.8 Å². The molecule has 0 bridgehead atoms. The molecule has 1 saturated heterocycles. The molecule has 102 valence electrons. The Morgan fingerprint density at radius 1 is 1.26 bits per heavy atom. The van der Waals surface area contributed by atoms with Crippen LogP contribution >= 0.6 is 11.5 Å². The van der Waals surface area contributed by atoms with Gasteiger partial charge in [0, 0.05) is 20.1 Å². The summed E-state index contributed by atoms with van der Waals surface area (Å²) >= 11 is 1.41. The van der Waals surface area contributed by atoms with Gasteiger partial charge in [-0.15, -0.1) is 0 Å². The highest BCUT2D eigenvalue weighted by Gasteiger charge is 2.21. The molecule has 7 heteroatoms. The zero-order valence-electron chi connectivity index (χ0n) is 11.1. The van der Waals surface area contributed by atoms with Crippen molar-refractivity contribution in [2.75, 3.05) is 30.4 Å². The van der Waals surface area contributed by atoms with Crippen LogP contribution in [0.25, 0.3) is 11.5 Å². The van der Waals surface area contributed by atoms with Gasteiger partial charge in [0.15, 0.2) is 0 Å². The van der Waals surface area contributed by atoms with Crippen molar-refractivity contribution in [1.29, 1.82) is 0 Å². The van der Waals surface area contributed by atoms with Crippen molar-refractivity contribution >= 4 is 22.5 Å². The van der Waals surface area contributed by atoms with Crippen LogP contribution in [0.5, 0.6) is 0 Å². The van der Waals surface area contributed by atoms with E-state index in [-0.39, 0.29) is 0 Å². The molecule has 1 aliphatic rings. The van der Waals surface area contributed by atoms with Gasteiger partial charge < -0.3 is 14.7 Å². The van der Waals surface area contributed by atoms with Crippen molar-refractivity contribution in [2.24, 2.45) is 0 Å². The molecule has 3 rings (SSSR count). The first-order valence-electron chi connectivity index (χ1n) is 6.52. The Bertz CT molecular complexity index is 558. The van der Waals surface area contributed by atoms with Crippen molar-refractivity contribution in [3.8, 4) is 11.5 Å². The average Bonchev–Trinajstić information content (AvgIpc) is 3.05. The molecule has 6 nitrogen and oxygen atoms in total. The molecule has 0 aromatic carbocycles. The van der Waals surface area contributed by atoms with E-state index in [0.29, 0.717) is 11.8 Å². The summed E-state index contributed by atoms with van der Waals surface area (Å²) in [5.74, 6) is 1.25. The van der Waals surface area contributed by atoms with Gasteiger partial charge in [0.2, 0.25) is 0 Å². The number of hydrogen-bond acceptors (Lipinski definition) is 7. The lowest BCUT2D eigenvalue weighted by Gasteiger charge is -2.24. The Hall–Kier alpha value is -1.63. The standard InChI is InChI=1S/C12H17N5OS/c1-8-9(11(13-2)19-16-8)10-14-12(15-18-10)17-6-4-3-5-7-17/h13H,3-7H2,1-2H3. The molecule has 0 spiro atoms. The maximum absolute atomic E-state index is 5.41. The number of nitrogens with one attached hydrogen (secondary N) is 1. The molecule has 1 fully saturated rings. The fraction of sp³-hybridized carbons (Fsp3) is 0.583. The van der Waals surface area contributed by atoms with Crippen LogP contribution in [-0.4, -0.2) is 34.7 Å². The van der Waals surface area contributed by atoms with Crippen LogP contribution < -0.4 is 10.2 Å². The van der Waals surface area contributed by atoms with Gasteiger partial charge in [-0.2, -0.15) is 9.36 Å². The van der Waals surface area contributed by atoms with Crippen molar-refractivity contribution in [1.82, 2.24) is 14.5 Å². The van der Waals surface area contributed by atoms with Gasteiger partial charge in [-0.25, -0.2) is 0 Å². The minimum atomic E-state index is 0.552. The van der Waals surface area contributed by atoms with Crippen LogP contribution in [0.1, 0.15) is 25.0 Å². The van der Waals surface area contributed by atoms with E-state index in [1.54, 1.807) is 0 Å². The number of aryl methyl sites for hydroxylation is 1. The smallest absolute Gasteiger partial charge is 0.266 e. The first-order valence-corrected chi connectivity index (χ1v) is 7.30. The molecule has 0 amide bonds. The molecule has 2 aromatic rings. The van der Waals surface area contributed by atoms with Crippen molar-refractivity contribution in [3.63, 3.8) is 0 Å². The van der Waals surface area contributed by atoms with Crippen LogP contribution in [0.15, 0.2) is 4.52 Å². The fourth-order valence-corrected chi connectivity index (χ4v) is 3.07. The SMILES string of the molecule is CNc1snc(C)c1-c1nc(N2CCCCC2)no1. The fourth-order valence-electron chi connectivity index (χ4n) is 2.33. The lowest BCUT2D eigenvalue weighted by Crippen LogP contribution is -2.30. The van der Waals surface area contributed by atoms with E-state index in [1.165, 1.54) is 30.8 Å². The highest BCUT2D eigenvalue weighted by Crippen LogP contribution is 2.34. The summed E-state index contributed by atoms with van der Waals surface area (Å²) < 4.78 is 9.73. The third-order valence-corrected chi connectivity index (χ3v) is 4.31. The number of anilines is 2. The average molecular weight is 279 g/mol. The predicted octanol–water partition coefficient (Wildman–Crippen LogP) is 2.53. The van der Waals surface area contributed by atoms with E-state index in [9.17, 15) is 0 Å². The van der Waals surface area contributed by atoms with Crippen molar-refractivity contribution in [3.05, 3.63) is 5.69 Å². The summed E-state index contributed by atoms with van der Waals surface area (Å²) in [5.41, 5.74) is 1.84. The second-order valence-electron chi connectivity index (χ2n) is 4.67. The molecule has 0 atom stereocenters. The van der Waals surface area contributed by atoms with Crippen molar-refractivity contribution < 1.29 is 4.52 Å². The summed E-state index contributed by atoms with van der Waals surface area (Å²) in [4.78, 5) is 6.71. The molecule has 0 radical (unpaired) electrons. The Kier molecular flexibility index (Phi) is 3.37. The maximum atomic E-state index is 5.41. The third-order valence-electron chi connectivity index (χ3n) is 3.36. The number of rotatable bonds is 3. The lowest BCUT2D eigenvalue weighted by atomic mass is 10.1. The van der Waals surface area contributed by atoms with Gasteiger partial charge in [0.05, 0.1) is 11.3 Å². The highest BCUT2D eigenvalue weighted by molar-refractivity contribution is 7.10. The van der Waals surface area contributed by atoms with Gasteiger partial charge >= 0.3 is 0 Å². The van der Waals surface area contributed by atoms with Crippen LogP contribution in [0.4, 0.5) is 10.9 Å². The second-order valence-corrected chi connectivity index (χ2v) is 5.44. The third kappa shape index (κ3) is 2.30. The van der Waals surface area contributed by atoms with E-state index in [0.717, 1.165) is 29.3 Å². The summed E-state index contributed by atoms with van der Waals surface area (Å²) in [6.07, 6.45) is 3.69. The zero-order chi connectivity index (χ0) is 13.2. The van der Waals surface area contributed by atoms with Gasteiger partial charge in [-0.3, -0.25) is 0 Å². The van der Waals surface area contributed by atoms with E-state index in [1.807, 2.05) is 14.0 Å². The van der Waals surface area contributed by atoms with E-state index in [2.05, 4.69) is 24.7 Å². The largest absolute Gasteiger partial charge is 0.378 e. The van der Waals surface area contributed by atoms with Crippen LogP contribution in [0.3, 0.4) is 0 Å². The quantitative estimate of drug-likeness (QED) is 0.931. The van der Waals surface area contributed by atoms with Crippen LogP contribution in [0.2, 0.25) is 0 Å². The van der Waals surface area contributed by atoms with Gasteiger partial charge in [0.1, 0.15) is 5.00 Å². The first kappa shape index (κ1) is 12.4. The number of hydrogen-bond donors (Lipinski definition) is 1. The maximum Gasteiger partial charge on any atom is 0.266 e. The topological polar surface area (TPSA) is 67.1 Å². The molecule has 1 N–H and O–H groups in total. The molecule has 3 heterocycles. The van der Waals surface area contributed by atoms with Gasteiger partial charge in [-0.05, 0) is 42.9 Å². The molecule has 0 aliphatic carbocycles. The minimum Gasteiger partial charge on any atom is -0.378 e. The highest BCUT2D eigenvalue weighted by atomic mass is 32.1. The van der Waals surface area contributed by atoms with E-state index < -0.39 is 0 Å². The molecule has 1 aliphatic heterocycles. The van der Waals surface area contributed by atoms with E-state index >= 15 is 0 Å². The zero-order valence-corrected chi connectivity index (χ0v) is 12.0. The molecule has 2 aromatic heterocycles. The second kappa shape index (κ2) is 5.16. The Labute approximate surface area is 116 Å². The molecule has 0 saturated carbocycles. The Morgan fingerprint density at radius 3 is 2.79 bits per heavy atom. The summed E-state index contributed by atoms with van der Waals surface area (Å²) in [6.45, 7) is 3.98. The van der Waals surface area contributed by atoms with Gasteiger partial charge in [-0.1, -0.05) is 0 Å². The molecule has 19 heavy (non-hydrogen) atoms. The first-order chi connectivity index (χ1) is 9.29. The Balaban J connectivity index is 1.89. The molecule has 0 unspecified atom stereocenters. The van der Waals surface area contributed by atoms with E-state index in [4.69, 9.17) is 4.52 Å². The minimum absolute atomic E-state index is 0.552. The summed E-state index contributed by atoms with van der Waals surface area (Å²) in [5, 5.41) is 8.18. The Morgan fingerprint density at radius 2 is 2.05 bits per heavy atom. The predicted molar refractivity (Wildman–Crippen MR) is 75.8 cm³/mol. The molecular weight excluding hydrogens is 262 g/mol.